The molecule has 130 valence electrons. The van der Waals surface area contributed by atoms with Gasteiger partial charge in [-0.05, 0) is 42.2 Å². The second kappa shape index (κ2) is 7.77. The molecule has 0 bridgehead atoms. The van der Waals surface area contributed by atoms with Crippen molar-refractivity contribution in [1.29, 1.82) is 0 Å². The molecule has 0 radical (unpaired) electrons. The molecule has 24 heavy (non-hydrogen) atoms. The highest BCUT2D eigenvalue weighted by molar-refractivity contribution is 7.91. The maximum atomic E-state index is 12.8. The zero-order valence-corrected chi connectivity index (χ0v) is 15.6. The topological polar surface area (TPSA) is 66.5 Å². The fourth-order valence-electron chi connectivity index (χ4n) is 2.95. The van der Waals surface area contributed by atoms with Gasteiger partial charge in [0.25, 0.3) is 15.9 Å². The van der Waals surface area contributed by atoms with Gasteiger partial charge in [0.2, 0.25) is 0 Å². The Morgan fingerprint density at radius 3 is 2.71 bits per heavy atom. The first-order valence-electron chi connectivity index (χ1n) is 7.96. The first kappa shape index (κ1) is 17.6. The Morgan fingerprint density at radius 2 is 2.00 bits per heavy atom. The van der Waals surface area contributed by atoms with Gasteiger partial charge in [0, 0.05) is 19.1 Å². The van der Waals surface area contributed by atoms with E-state index in [4.69, 9.17) is 0 Å². The molecule has 1 aliphatic heterocycles. The van der Waals surface area contributed by atoms with E-state index in [9.17, 15) is 13.2 Å². The number of thiophene rings is 2. The van der Waals surface area contributed by atoms with Crippen LogP contribution in [0, 0.1) is 0 Å². The van der Waals surface area contributed by atoms with Gasteiger partial charge in [-0.25, -0.2) is 8.42 Å². The van der Waals surface area contributed by atoms with Crippen molar-refractivity contribution in [1.82, 2.24) is 9.62 Å². The van der Waals surface area contributed by atoms with Crippen molar-refractivity contribution in [2.24, 2.45) is 0 Å². The molecule has 1 N–H and O–H groups in total. The second-order valence-corrected chi connectivity index (χ2v) is 9.73. The van der Waals surface area contributed by atoms with Crippen molar-refractivity contribution in [3.8, 4) is 0 Å². The van der Waals surface area contributed by atoms with Crippen LogP contribution in [-0.4, -0.2) is 37.8 Å². The Kier molecular flexibility index (Phi) is 5.70. The van der Waals surface area contributed by atoms with Gasteiger partial charge in [-0.15, -0.1) is 22.7 Å². The SMILES string of the molecule is O=C(NCCC1CCCCN1S(=O)(=O)c1cccs1)c1cccs1. The van der Waals surface area contributed by atoms with Crippen LogP contribution in [-0.2, 0) is 10.0 Å². The minimum atomic E-state index is -3.42. The molecule has 1 amide bonds. The number of hydrogen-bond donors (Lipinski definition) is 1. The summed E-state index contributed by atoms with van der Waals surface area (Å²) in [6.45, 7) is 1.04. The van der Waals surface area contributed by atoms with Crippen LogP contribution in [0.25, 0.3) is 0 Å². The summed E-state index contributed by atoms with van der Waals surface area (Å²) in [7, 11) is -3.42. The van der Waals surface area contributed by atoms with Crippen molar-refractivity contribution in [2.45, 2.75) is 35.9 Å². The zero-order valence-electron chi connectivity index (χ0n) is 13.2. The molecule has 3 rings (SSSR count). The van der Waals surface area contributed by atoms with Gasteiger partial charge >= 0.3 is 0 Å². The Hall–Kier alpha value is -1.22. The lowest BCUT2D eigenvalue weighted by molar-refractivity contribution is 0.0953. The van der Waals surface area contributed by atoms with Crippen molar-refractivity contribution < 1.29 is 13.2 Å². The van der Waals surface area contributed by atoms with E-state index in [2.05, 4.69) is 5.32 Å². The summed E-state index contributed by atoms with van der Waals surface area (Å²) < 4.78 is 27.6. The van der Waals surface area contributed by atoms with Crippen LogP contribution >= 0.6 is 22.7 Å². The van der Waals surface area contributed by atoms with Gasteiger partial charge < -0.3 is 5.32 Å². The van der Waals surface area contributed by atoms with Gasteiger partial charge in [-0.2, -0.15) is 4.31 Å². The van der Waals surface area contributed by atoms with E-state index in [0.29, 0.717) is 28.6 Å². The predicted molar refractivity (Wildman–Crippen MR) is 97.1 cm³/mol. The number of carbonyl (C=O) groups is 1. The third kappa shape index (κ3) is 3.88. The predicted octanol–water partition coefficient (Wildman–Crippen LogP) is 3.17. The Labute approximate surface area is 150 Å². The van der Waals surface area contributed by atoms with Crippen molar-refractivity contribution in [2.75, 3.05) is 13.1 Å². The van der Waals surface area contributed by atoms with E-state index in [-0.39, 0.29) is 11.9 Å². The molecule has 2 aromatic heterocycles. The summed E-state index contributed by atoms with van der Waals surface area (Å²) in [5.41, 5.74) is 0. The standard InChI is InChI=1S/C16H20N2O3S3/c19-16(14-6-3-11-22-14)17-9-8-13-5-1-2-10-18(13)24(20,21)15-7-4-12-23-15/h3-4,6-7,11-13H,1-2,5,8-10H2,(H,17,19). The molecule has 1 atom stereocenters. The fourth-order valence-corrected chi connectivity index (χ4v) is 6.44. The van der Waals surface area contributed by atoms with Crippen LogP contribution in [0.5, 0.6) is 0 Å². The highest BCUT2D eigenvalue weighted by Crippen LogP contribution is 2.29. The average molecular weight is 385 g/mol. The lowest BCUT2D eigenvalue weighted by atomic mass is 10.0. The summed E-state index contributed by atoms with van der Waals surface area (Å²) >= 11 is 2.66. The van der Waals surface area contributed by atoms with Crippen molar-refractivity contribution >= 4 is 38.6 Å². The van der Waals surface area contributed by atoms with Crippen LogP contribution in [0.3, 0.4) is 0 Å². The van der Waals surface area contributed by atoms with Gasteiger partial charge in [-0.1, -0.05) is 18.6 Å². The smallest absolute Gasteiger partial charge is 0.261 e. The fraction of sp³-hybridized carbons (Fsp3) is 0.438. The first-order chi connectivity index (χ1) is 11.6. The van der Waals surface area contributed by atoms with Gasteiger partial charge in [0.05, 0.1) is 4.88 Å². The number of rotatable bonds is 6. The normalized spacial score (nSPS) is 19.2. The average Bonchev–Trinajstić information content (AvgIpc) is 3.29. The lowest BCUT2D eigenvalue weighted by Gasteiger charge is -2.34. The number of sulfonamides is 1. The summed E-state index contributed by atoms with van der Waals surface area (Å²) in [6, 6.07) is 7.00. The van der Waals surface area contributed by atoms with Crippen LogP contribution in [0.15, 0.2) is 39.2 Å². The highest BCUT2D eigenvalue weighted by Gasteiger charge is 2.33. The molecule has 0 saturated carbocycles. The van der Waals surface area contributed by atoms with E-state index in [0.717, 1.165) is 19.3 Å². The third-order valence-corrected chi connectivity index (χ3v) is 8.33. The number of amides is 1. The number of piperidine rings is 1. The molecule has 0 aliphatic carbocycles. The molecule has 2 aromatic rings. The number of carbonyl (C=O) groups excluding carboxylic acids is 1. The first-order valence-corrected chi connectivity index (χ1v) is 11.2. The zero-order chi connectivity index (χ0) is 17.0. The molecule has 5 nitrogen and oxygen atoms in total. The minimum absolute atomic E-state index is 0.0468. The summed E-state index contributed by atoms with van der Waals surface area (Å²) in [6.07, 6.45) is 3.41. The van der Waals surface area contributed by atoms with Crippen LogP contribution in [0.4, 0.5) is 0 Å². The molecule has 0 spiro atoms. The number of nitrogens with zero attached hydrogens (tertiary/aromatic N) is 1. The molecule has 1 saturated heterocycles. The van der Waals surface area contributed by atoms with E-state index in [1.54, 1.807) is 27.9 Å². The maximum Gasteiger partial charge on any atom is 0.261 e. The summed E-state index contributed by atoms with van der Waals surface area (Å²) in [5.74, 6) is -0.0894. The highest BCUT2D eigenvalue weighted by atomic mass is 32.2. The number of nitrogens with one attached hydrogen (secondary N) is 1. The molecule has 8 heteroatoms. The van der Waals surface area contributed by atoms with Crippen LogP contribution < -0.4 is 5.32 Å². The quantitative estimate of drug-likeness (QED) is 0.832. The van der Waals surface area contributed by atoms with E-state index in [1.807, 2.05) is 11.4 Å². The molecule has 0 aromatic carbocycles. The lowest BCUT2D eigenvalue weighted by Crippen LogP contribution is -2.44. The molecule has 3 heterocycles. The Morgan fingerprint density at radius 1 is 1.21 bits per heavy atom. The Balaban J connectivity index is 1.62. The molecular formula is C16H20N2O3S3. The van der Waals surface area contributed by atoms with Crippen molar-refractivity contribution in [3.05, 3.63) is 39.9 Å². The van der Waals surface area contributed by atoms with Crippen LogP contribution in [0.2, 0.25) is 0 Å². The van der Waals surface area contributed by atoms with Crippen molar-refractivity contribution in [3.63, 3.8) is 0 Å². The molecule has 1 aliphatic rings. The molecule has 1 unspecified atom stereocenters. The monoisotopic (exact) mass is 384 g/mol. The van der Waals surface area contributed by atoms with Gasteiger partial charge in [0.1, 0.15) is 4.21 Å². The summed E-state index contributed by atoms with van der Waals surface area (Å²) in [4.78, 5) is 12.7. The largest absolute Gasteiger partial charge is 0.351 e. The minimum Gasteiger partial charge on any atom is -0.351 e. The molecule has 1 fully saturated rings. The van der Waals surface area contributed by atoms with Gasteiger partial charge in [-0.3, -0.25) is 4.79 Å². The van der Waals surface area contributed by atoms with E-state index >= 15 is 0 Å². The summed E-state index contributed by atoms with van der Waals surface area (Å²) in [5, 5.41) is 6.54. The molecular weight excluding hydrogens is 364 g/mol. The van der Waals surface area contributed by atoms with E-state index in [1.165, 1.54) is 22.7 Å². The second-order valence-electron chi connectivity index (χ2n) is 5.72. The van der Waals surface area contributed by atoms with E-state index < -0.39 is 10.0 Å². The third-order valence-electron chi connectivity index (χ3n) is 4.14. The number of hydrogen-bond acceptors (Lipinski definition) is 5. The van der Waals surface area contributed by atoms with Gasteiger partial charge in [0.15, 0.2) is 0 Å². The van der Waals surface area contributed by atoms with Crippen LogP contribution in [0.1, 0.15) is 35.4 Å². The maximum absolute atomic E-state index is 12.8. The Bertz CT molecular complexity index is 755.